The number of amides is 2. The highest BCUT2D eigenvalue weighted by Crippen LogP contribution is 2.46. The van der Waals surface area contributed by atoms with Crippen molar-refractivity contribution < 1.29 is 15.1 Å². The Morgan fingerprint density at radius 1 is 0.929 bits per heavy atom. The number of nitrogens with zero attached hydrogens (tertiary/aromatic N) is 5. The van der Waals surface area contributed by atoms with E-state index in [-0.39, 0.29) is 36.6 Å². The number of piperidine rings is 1. The summed E-state index contributed by atoms with van der Waals surface area (Å²) in [6.07, 6.45) is 3.10. The number of carbonyl (C=O) groups is 2. The molecule has 0 atom stereocenters. The molecule has 28 heavy (non-hydrogen) atoms. The molecule has 152 valence electrons. The van der Waals surface area contributed by atoms with Crippen molar-refractivity contribution in [3.8, 4) is 0 Å². The van der Waals surface area contributed by atoms with Crippen LogP contribution >= 0.6 is 0 Å². The van der Waals surface area contributed by atoms with Crippen molar-refractivity contribution in [2.45, 2.75) is 51.3 Å². The molecule has 1 saturated carbocycles. The summed E-state index contributed by atoms with van der Waals surface area (Å²) in [5.74, 6) is -0.0914. The topological polar surface area (TPSA) is 69.6 Å². The van der Waals surface area contributed by atoms with Gasteiger partial charge in [0.2, 0.25) is 17.8 Å². The molecule has 4 rings (SSSR count). The van der Waals surface area contributed by atoms with Crippen molar-refractivity contribution >= 4 is 17.8 Å². The van der Waals surface area contributed by atoms with Gasteiger partial charge >= 0.3 is 0 Å². The lowest BCUT2D eigenvalue weighted by molar-refractivity contribution is -0.153. The van der Waals surface area contributed by atoms with Gasteiger partial charge in [-0.1, -0.05) is 12.8 Å². The Hall–Kier alpha value is -2.02. The van der Waals surface area contributed by atoms with E-state index < -0.39 is 19.3 Å². The van der Waals surface area contributed by atoms with Gasteiger partial charge in [-0.2, -0.15) is 0 Å². The summed E-state index contributed by atoms with van der Waals surface area (Å²) in [7, 11) is 0. The maximum atomic E-state index is 12.7. The molecule has 1 aliphatic carbocycles. The van der Waals surface area contributed by atoms with Crippen molar-refractivity contribution in [3.05, 3.63) is 18.5 Å². The van der Waals surface area contributed by atoms with Crippen LogP contribution in [0.4, 0.5) is 5.95 Å². The Balaban J connectivity index is 1.34. The number of rotatable bonds is 6. The van der Waals surface area contributed by atoms with E-state index in [0.717, 1.165) is 30.6 Å². The van der Waals surface area contributed by atoms with Crippen LogP contribution < -0.4 is 4.90 Å². The third kappa shape index (κ3) is 4.35. The predicted octanol–water partition coefficient (Wildman–Crippen LogP) is 2.09. The first kappa shape index (κ1) is 14.9. The van der Waals surface area contributed by atoms with Crippen LogP contribution in [0.25, 0.3) is 0 Å². The number of piperazine rings is 1. The van der Waals surface area contributed by atoms with E-state index in [1.807, 2.05) is 9.80 Å². The lowest BCUT2D eigenvalue weighted by atomic mass is 9.76. The Kier molecular flexibility index (Phi) is 4.55. The highest BCUT2D eigenvalue weighted by Gasteiger charge is 2.44. The second kappa shape index (κ2) is 8.55. The summed E-state index contributed by atoms with van der Waals surface area (Å²) < 4.78 is 33.8. The lowest BCUT2D eigenvalue weighted by Gasteiger charge is -2.37. The first-order valence-electron chi connectivity index (χ1n) is 12.2. The quantitative estimate of drug-likeness (QED) is 0.694. The molecule has 0 aromatic carbocycles. The zero-order chi connectivity index (χ0) is 23.0. The number of hydrogen-bond acceptors (Lipinski definition) is 6. The third-order valence-corrected chi connectivity index (χ3v) is 6.19. The summed E-state index contributed by atoms with van der Waals surface area (Å²) in [4.78, 5) is 38.8. The van der Waals surface area contributed by atoms with Crippen molar-refractivity contribution in [1.82, 2.24) is 19.8 Å². The van der Waals surface area contributed by atoms with Crippen LogP contribution in [0.3, 0.4) is 0 Å². The van der Waals surface area contributed by atoms with E-state index >= 15 is 0 Å². The lowest BCUT2D eigenvalue weighted by Crippen LogP contribution is -2.48. The minimum Gasteiger partial charge on any atom is -0.338 e. The smallest absolute Gasteiger partial charge is 0.229 e. The summed E-state index contributed by atoms with van der Waals surface area (Å²) >= 11 is 0. The number of carbonyl (C=O) groups excluding carboxylic acids is 2. The van der Waals surface area contributed by atoms with Crippen molar-refractivity contribution in [2.75, 3.05) is 44.2 Å². The molecule has 2 aliphatic heterocycles. The Bertz CT molecular complexity index is 820. The molecule has 3 aliphatic rings. The minimum atomic E-state index is -2.35. The third-order valence-electron chi connectivity index (χ3n) is 6.19. The zero-order valence-electron chi connectivity index (χ0n) is 20.3. The molecule has 3 heterocycles. The van der Waals surface area contributed by atoms with Gasteiger partial charge in [-0.05, 0) is 43.6 Å². The van der Waals surface area contributed by atoms with Gasteiger partial charge in [-0.25, -0.2) is 9.97 Å². The molecule has 3 fully saturated rings. The summed E-state index contributed by atoms with van der Waals surface area (Å²) in [6, 6.07) is 1.75. The van der Waals surface area contributed by atoms with Crippen LogP contribution in [0, 0.1) is 5.41 Å². The summed E-state index contributed by atoms with van der Waals surface area (Å²) in [5.41, 5.74) is -0.251. The molecule has 1 spiro atoms. The normalized spacial score (nSPS) is 26.1. The monoisotopic (exact) mass is 389 g/mol. The van der Waals surface area contributed by atoms with Gasteiger partial charge in [0.25, 0.3) is 0 Å². The van der Waals surface area contributed by atoms with Crippen molar-refractivity contribution in [1.29, 1.82) is 0 Å². The van der Waals surface area contributed by atoms with Gasteiger partial charge in [-0.15, -0.1) is 0 Å². The van der Waals surface area contributed by atoms with Gasteiger partial charge in [-0.3, -0.25) is 19.4 Å². The second-order valence-electron chi connectivity index (χ2n) is 8.10. The molecular formula is C21H31N5O2. The first-order valence-corrected chi connectivity index (χ1v) is 10.2. The fourth-order valence-electron chi connectivity index (χ4n) is 4.55. The molecule has 0 radical (unpaired) electrons. The van der Waals surface area contributed by atoms with Crippen LogP contribution in [0.2, 0.25) is 0 Å². The van der Waals surface area contributed by atoms with Gasteiger partial charge in [0.15, 0.2) is 0 Å². The van der Waals surface area contributed by atoms with Crippen molar-refractivity contribution in [3.63, 3.8) is 0 Å². The molecule has 7 nitrogen and oxygen atoms in total. The van der Waals surface area contributed by atoms with Crippen molar-refractivity contribution in [2.24, 2.45) is 5.41 Å². The summed E-state index contributed by atoms with van der Waals surface area (Å²) in [6.45, 7) is 1.70. The zero-order valence-corrected chi connectivity index (χ0v) is 16.3. The van der Waals surface area contributed by atoms with E-state index in [4.69, 9.17) is 5.48 Å². The highest BCUT2D eigenvalue weighted by molar-refractivity contribution is 5.98. The fraction of sp³-hybridized carbons (Fsp3) is 0.714. The highest BCUT2D eigenvalue weighted by atomic mass is 16.2. The molecule has 2 saturated heterocycles. The van der Waals surface area contributed by atoms with Gasteiger partial charge in [0.1, 0.15) is 0 Å². The predicted molar refractivity (Wildman–Crippen MR) is 107 cm³/mol. The average Bonchev–Trinajstić information content (AvgIpc) is 3.19. The summed E-state index contributed by atoms with van der Waals surface area (Å²) in [5, 5.41) is 0. The minimum absolute atomic E-state index is 0.107. The first-order chi connectivity index (χ1) is 15.1. The number of aromatic nitrogens is 2. The van der Waals surface area contributed by atoms with Crippen LogP contribution in [0.5, 0.6) is 0 Å². The Morgan fingerprint density at radius 2 is 1.54 bits per heavy atom. The maximum absolute atomic E-state index is 12.7. The molecule has 7 heteroatoms. The van der Waals surface area contributed by atoms with Gasteiger partial charge < -0.3 is 4.90 Å². The second-order valence-corrected chi connectivity index (χ2v) is 8.10. The molecule has 0 bridgehead atoms. The van der Waals surface area contributed by atoms with E-state index in [1.54, 1.807) is 18.5 Å². The van der Waals surface area contributed by atoms with Crippen LogP contribution in [0.1, 0.15) is 56.8 Å². The number of likely N-dealkylation sites (tertiary alicyclic amines) is 1. The number of anilines is 1. The number of imide groups is 1. The molecule has 0 N–H and O–H groups in total. The number of hydrogen-bond donors (Lipinski definition) is 0. The SMILES string of the molecule is [2H]C([2H])(CN1CCN(c2ncccn2)CC1)C([2H])([2H])CN1C(=O)CC2(CCCC2)CC1=O. The maximum Gasteiger partial charge on any atom is 0.229 e. The van der Waals surface area contributed by atoms with Gasteiger partial charge in [0.05, 0.1) is 0 Å². The molecular weight excluding hydrogens is 354 g/mol. The Morgan fingerprint density at radius 3 is 2.18 bits per heavy atom. The largest absolute Gasteiger partial charge is 0.338 e. The average molecular weight is 390 g/mol. The molecule has 2 amide bonds. The van der Waals surface area contributed by atoms with E-state index in [0.29, 0.717) is 32.1 Å². The van der Waals surface area contributed by atoms with Crippen LogP contribution in [-0.2, 0) is 9.59 Å². The molecule has 1 aromatic rings. The molecule has 1 aromatic heterocycles. The van der Waals surface area contributed by atoms with Crippen LogP contribution in [-0.4, -0.2) is 70.9 Å². The van der Waals surface area contributed by atoms with Gasteiger partial charge in [0, 0.05) is 63.4 Å². The van der Waals surface area contributed by atoms with E-state index in [9.17, 15) is 9.59 Å². The van der Waals surface area contributed by atoms with Crippen LogP contribution in [0.15, 0.2) is 18.5 Å². The van der Waals surface area contributed by atoms with E-state index in [1.165, 1.54) is 0 Å². The van der Waals surface area contributed by atoms with E-state index in [2.05, 4.69) is 9.97 Å². The molecule has 0 unspecified atom stereocenters. The fourth-order valence-corrected chi connectivity index (χ4v) is 4.55. The standard InChI is InChI=1S/C21H31N5O2/c27-18-16-21(6-1-2-7-21)17-19(28)26(18)11-4-3-10-24-12-14-25(15-13-24)20-22-8-5-9-23-20/h5,8-9H,1-4,6-7,10-17H2/i3D2,4D2. The Labute approximate surface area is 172 Å².